The van der Waals surface area contributed by atoms with E-state index in [1.807, 2.05) is 0 Å². The second-order valence-electron chi connectivity index (χ2n) is 2.06. The van der Waals surface area contributed by atoms with E-state index in [4.69, 9.17) is 15.9 Å². The van der Waals surface area contributed by atoms with Crippen molar-refractivity contribution < 1.29 is 19.7 Å². The van der Waals surface area contributed by atoms with E-state index in [-0.39, 0.29) is 17.9 Å². The average Bonchev–Trinajstić information content (AvgIpc) is 2.07. The van der Waals surface area contributed by atoms with Crippen LogP contribution in [0, 0.1) is 0 Å². The number of nitrogens with two attached hydrogens (primary N) is 1. The quantitative estimate of drug-likeness (QED) is 0.334. The van der Waals surface area contributed by atoms with Gasteiger partial charge < -0.3 is 20.7 Å². The number of nitrogen functional groups attached to an aromatic ring is 1. The molecule has 0 aliphatic carbocycles. The Labute approximate surface area is 68.0 Å². The van der Waals surface area contributed by atoms with Gasteiger partial charge in [-0.15, -0.1) is 0 Å². The maximum Gasteiger partial charge on any atom is 0.298 e. The molecule has 0 atom stereocenters. The Kier molecular flexibility index (Phi) is 2.05. The van der Waals surface area contributed by atoms with Gasteiger partial charge in [0.05, 0.1) is 5.69 Å². The SMILES string of the molecule is Nc1ccc(OC=O)c(O)c1O. The molecule has 0 fully saturated rings. The summed E-state index contributed by atoms with van der Waals surface area (Å²) < 4.78 is 4.33. The van der Waals surface area contributed by atoms with Gasteiger partial charge in [-0.25, -0.2) is 0 Å². The molecule has 5 nitrogen and oxygen atoms in total. The number of carbonyl (C=O) groups excluding carboxylic acids is 1. The number of anilines is 1. The molecule has 0 unspecified atom stereocenters. The zero-order chi connectivity index (χ0) is 9.14. The highest BCUT2D eigenvalue weighted by molar-refractivity contribution is 5.65. The van der Waals surface area contributed by atoms with Crippen molar-refractivity contribution in [2.24, 2.45) is 0 Å². The van der Waals surface area contributed by atoms with E-state index < -0.39 is 11.5 Å². The summed E-state index contributed by atoms with van der Waals surface area (Å²) in [7, 11) is 0. The summed E-state index contributed by atoms with van der Waals surface area (Å²) in [5.74, 6) is -1.16. The lowest BCUT2D eigenvalue weighted by atomic mass is 10.2. The maximum absolute atomic E-state index is 9.88. The van der Waals surface area contributed by atoms with Gasteiger partial charge in [-0.3, -0.25) is 4.79 Å². The monoisotopic (exact) mass is 169 g/mol. The van der Waals surface area contributed by atoms with E-state index in [1.54, 1.807) is 0 Å². The number of benzene rings is 1. The molecule has 0 bridgehead atoms. The largest absolute Gasteiger partial charge is 0.503 e. The summed E-state index contributed by atoms with van der Waals surface area (Å²) in [6.45, 7) is 0.144. The van der Waals surface area contributed by atoms with Crippen LogP contribution in [0.4, 0.5) is 5.69 Å². The van der Waals surface area contributed by atoms with Crippen LogP contribution in [0.2, 0.25) is 0 Å². The highest BCUT2D eigenvalue weighted by Crippen LogP contribution is 2.38. The Hall–Kier alpha value is -1.91. The van der Waals surface area contributed by atoms with Gasteiger partial charge in [-0.2, -0.15) is 0 Å². The molecule has 64 valence electrons. The molecule has 4 N–H and O–H groups in total. The van der Waals surface area contributed by atoms with Crippen molar-refractivity contribution >= 4 is 12.2 Å². The van der Waals surface area contributed by atoms with Crippen molar-refractivity contribution in [3.05, 3.63) is 12.1 Å². The van der Waals surface area contributed by atoms with Crippen molar-refractivity contribution in [1.29, 1.82) is 0 Å². The molecule has 0 spiro atoms. The van der Waals surface area contributed by atoms with Crippen LogP contribution in [0.3, 0.4) is 0 Å². The third kappa shape index (κ3) is 1.24. The smallest absolute Gasteiger partial charge is 0.298 e. The van der Waals surface area contributed by atoms with E-state index in [9.17, 15) is 4.79 Å². The van der Waals surface area contributed by atoms with Gasteiger partial charge in [0.25, 0.3) is 6.47 Å². The highest BCUT2D eigenvalue weighted by Gasteiger charge is 2.09. The number of phenolic OH excluding ortho intramolecular Hbond substituents is 2. The molecule has 1 aromatic carbocycles. The van der Waals surface area contributed by atoms with E-state index in [1.165, 1.54) is 12.1 Å². The number of aromatic hydroxyl groups is 2. The number of phenols is 2. The first-order valence-electron chi connectivity index (χ1n) is 3.07. The highest BCUT2D eigenvalue weighted by atomic mass is 16.5. The van der Waals surface area contributed by atoms with Crippen LogP contribution >= 0.6 is 0 Å². The topological polar surface area (TPSA) is 92.8 Å². The zero-order valence-electron chi connectivity index (χ0n) is 6.02. The van der Waals surface area contributed by atoms with Crippen LogP contribution in [-0.4, -0.2) is 16.7 Å². The lowest BCUT2D eigenvalue weighted by Gasteiger charge is -2.04. The summed E-state index contributed by atoms with van der Waals surface area (Å²) in [6, 6.07) is 2.59. The van der Waals surface area contributed by atoms with Crippen molar-refractivity contribution in [1.82, 2.24) is 0 Å². The Morgan fingerprint density at radius 3 is 2.58 bits per heavy atom. The lowest BCUT2D eigenvalue weighted by Crippen LogP contribution is -1.91. The second-order valence-corrected chi connectivity index (χ2v) is 2.06. The van der Waals surface area contributed by atoms with E-state index in [2.05, 4.69) is 4.74 Å². The van der Waals surface area contributed by atoms with Crippen molar-refractivity contribution in [3.8, 4) is 17.2 Å². The Balaban J connectivity index is 3.16. The maximum atomic E-state index is 9.88. The van der Waals surface area contributed by atoms with Gasteiger partial charge >= 0.3 is 0 Å². The zero-order valence-corrected chi connectivity index (χ0v) is 6.02. The second kappa shape index (κ2) is 3.00. The van der Waals surface area contributed by atoms with Crippen LogP contribution in [0.1, 0.15) is 0 Å². The van der Waals surface area contributed by atoms with Crippen molar-refractivity contribution in [2.45, 2.75) is 0 Å². The molecular formula is C7H7NO4. The van der Waals surface area contributed by atoms with Gasteiger partial charge in [-0.05, 0) is 12.1 Å². The number of rotatable bonds is 2. The fraction of sp³-hybridized carbons (Fsp3) is 0. The minimum absolute atomic E-state index is 0.0192. The molecule has 1 aromatic rings. The minimum Gasteiger partial charge on any atom is -0.503 e. The first-order valence-corrected chi connectivity index (χ1v) is 3.07. The van der Waals surface area contributed by atoms with Gasteiger partial charge in [0, 0.05) is 0 Å². The van der Waals surface area contributed by atoms with Crippen molar-refractivity contribution in [3.63, 3.8) is 0 Å². The number of ether oxygens (including phenoxy) is 1. The molecule has 0 aliphatic rings. The molecule has 0 saturated carbocycles. The average molecular weight is 169 g/mol. The van der Waals surface area contributed by atoms with Gasteiger partial charge in [0.1, 0.15) is 0 Å². The van der Waals surface area contributed by atoms with Crippen LogP contribution in [-0.2, 0) is 4.79 Å². The summed E-state index contributed by atoms with van der Waals surface area (Å²) in [6.07, 6.45) is 0. The van der Waals surface area contributed by atoms with Gasteiger partial charge in [-0.1, -0.05) is 0 Å². The van der Waals surface area contributed by atoms with Gasteiger partial charge in [0.2, 0.25) is 5.75 Å². The summed E-state index contributed by atoms with van der Waals surface area (Å²) in [5.41, 5.74) is 5.25. The molecule has 1 rings (SSSR count). The van der Waals surface area contributed by atoms with E-state index >= 15 is 0 Å². The first kappa shape index (κ1) is 8.19. The van der Waals surface area contributed by atoms with E-state index in [0.29, 0.717) is 0 Å². The number of hydrogen-bond acceptors (Lipinski definition) is 5. The van der Waals surface area contributed by atoms with Crippen LogP contribution in [0.25, 0.3) is 0 Å². The molecule has 0 radical (unpaired) electrons. The number of carbonyl (C=O) groups is 1. The summed E-state index contributed by atoms with van der Waals surface area (Å²) >= 11 is 0. The third-order valence-corrected chi connectivity index (χ3v) is 1.32. The molecule has 0 aromatic heterocycles. The van der Waals surface area contributed by atoms with E-state index in [0.717, 1.165) is 0 Å². The molecule has 0 saturated heterocycles. The number of hydrogen-bond donors (Lipinski definition) is 3. The predicted molar refractivity (Wildman–Crippen MR) is 40.9 cm³/mol. The molecule has 5 heteroatoms. The molecule has 0 amide bonds. The molecular weight excluding hydrogens is 162 g/mol. The predicted octanol–water partition coefficient (Wildman–Crippen LogP) is 0.215. The Morgan fingerprint density at radius 1 is 1.33 bits per heavy atom. The third-order valence-electron chi connectivity index (χ3n) is 1.32. The molecule has 12 heavy (non-hydrogen) atoms. The normalized spacial score (nSPS) is 9.33. The van der Waals surface area contributed by atoms with Crippen LogP contribution < -0.4 is 10.5 Å². The van der Waals surface area contributed by atoms with Crippen LogP contribution in [0.15, 0.2) is 12.1 Å². The Morgan fingerprint density at radius 2 is 2.00 bits per heavy atom. The minimum atomic E-state index is -0.540. The van der Waals surface area contributed by atoms with Crippen molar-refractivity contribution in [2.75, 3.05) is 5.73 Å². The fourth-order valence-electron chi connectivity index (χ4n) is 0.724. The molecule has 0 heterocycles. The fourth-order valence-corrected chi connectivity index (χ4v) is 0.724. The van der Waals surface area contributed by atoms with Crippen LogP contribution in [0.5, 0.6) is 17.2 Å². The Bertz CT molecular complexity index is 311. The summed E-state index contributed by atoms with van der Waals surface area (Å²) in [5, 5.41) is 18.1. The van der Waals surface area contributed by atoms with Gasteiger partial charge in [0.15, 0.2) is 11.5 Å². The first-order chi connectivity index (χ1) is 5.66. The molecule has 0 aliphatic heterocycles. The summed E-state index contributed by atoms with van der Waals surface area (Å²) in [4.78, 5) is 9.88. The lowest BCUT2D eigenvalue weighted by molar-refractivity contribution is -0.120. The standard InChI is InChI=1S/C7H7NO4/c8-4-1-2-5(12-3-9)7(11)6(4)10/h1-3,10-11H,8H2.